The van der Waals surface area contributed by atoms with Crippen LogP contribution in [0.4, 0.5) is 5.69 Å². The minimum Gasteiger partial charge on any atom is -0.370 e. The van der Waals surface area contributed by atoms with Gasteiger partial charge in [0.25, 0.3) is 0 Å². The number of fused-ring (bicyclic) bond motifs is 1. The SMILES string of the molecule is Cc1ccc(NC(N)=NCC2Cc3ccccc32)cc1C. The molecule has 0 saturated heterocycles. The van der Waals surface area contributed by atoms with Gasteiger partial charge in [0.1, 0.15) is 0 Å². The molecule has 0 aromatic heterocycles. The fourth-order valence-electron chi connectivity index (χ4n) is 2.74. The summed E-state index contributed by atoms with van der Waals surface area (Å²) in [6, 6.07) is 14.8. The van der Waals surface area contributed by atoms with Gasteiger partial charge in [-0.2, -0.15) is 0 Å². The predicted molar refractivity (Wildman–Crippen MR) is 88.9 cm³/mol. The molecule has 3 N–H and O–H groups in total. The Kier molecular flexibility index (Phi) is 3.65. The maximum Gasteiger partial charge on any atom is 0.193 e. The summed E-state index contributed by atoms with van der Waals surface area (Å²) in [4.78, 5) is 4.48. The van der Waals surface area contributed by atoms with Gasteiger partial charge in [0, 0.05) is 18.2 Å². The van der Waals surface area contributed by atoms with E-state index in [0.717, 1.165) is 18.7 Å². The van der Waals surface area contributed by atoms with Crippen molar-refractivity contribution in [2.75, 3.05) is 11.9 Å². The summed E-state index contributed by atoms with van der Waals surface area (Å²) >= 11 is 0. The van der Waals surface area contributed by atoms with Crippen LogP contribution in [0, 0.1) is 13.8 Å². The molecule has 0 amide bonds. The molecule has 3 nitrogen and oxygen atoms in total. The zero-order valence-corrected chi connectivity index (χ0v) is 12.6. The number of hydrogen-bond acceptors (Lipinski definition) is 1. The number of nitrogens with zero attached hydrogens (tertiary/aromatic N) is 1. The number of nitrogens with one attached hydrogen (secondary N) is 1. The largest absolute Gasteiger partial charge is 0.370 e. The highest BCUT2D eigenvalue weighted by atomic mass is 15.1. The molecule has 1 atom stereocenters. The van der Waals surface area contributed by atoms with E-state index in [-0.39, 0.29) is 0 Å². The van der Waals surface area contributed by atoms with Crippen molar-refractivity contribution in [3.8, 4) is 0 Å². The number of guanidine groups is 1. The summed E-state index contributed by atoms with van der Waals surface area (Å²) in [6.07, 6.45) is 1.11. The summed E-state index contributed by atoms with van der Waals surface area (Å²) < 4.78 is 0. The van der Waals surface area contributed by atoms with Crippen LogP contribution in [0.3, 0.4) is 0 Å². The third kappa shape index (κ3) is 2.92. The number of anilines is 1. The molecular formula is C18H21N3. The Labute approximate surface area is 125 Å². The molecule has 108 valence electrons. The van der Waals surface area contributed by atoms with Crippen LogP contribution in [0.2, 0.25) is 0 Å². The molecule has 2 aromatic rings. The van der Waals surface area contributed by atoms with Crippen LogP contribution in [0.25, 0.3) is 0 Å². The van der Waals surface area contributed by atoms with Crippen LogP contribution in [-0.2, 0) is 6.42 Å². The average Bonchev–Trinajstić information content (AvgIpc) is 2.44. The van der Waals surface area contributed by atoms with E-state index < -0.39 is 0 Å². The maximum atomic E-state index is 5.98. The van der Waals surface area contributed by atoms with Crippen LogP contribution in [0.1, 0.15) is 28.2 Å². The van der Waals surface area contributed by atoms with Crippen LogP contribution >= 0.6 is 0 Å². The van der Waals surface area contributed by atoms with Gasteiger partial charge in [-0.25, -0.2) is 0 Å². The van der Waals surface area contributed by atoms with Gasteiger partial charge in [0.15, 0.2) is 5.96 Å². The van der Waals surface area contributed by atoms with Gasteiger partial charge in [-0.05, 0) is 54.7 Å². The summed E-state index contributed by atoms with van der Waals surface area (Å²) in [5.41, 5.74) is 12.4. The van der Waals surface area contributed by atoms with Crippen molar-refractivity contribution >= 4 is 11.6 Å². The Balaban J connectivity index is 1.61. The predicted octanol–water partition coefficient (Wildman–Crippen LogP) is 3.37. The molecule has 1 aliphatic carbocycles. The molecular weight excluding hydrogens is 258 g/mol. The molecule has 0 radical (unpaired) electrons. The number of aryl methyl sites for hydroxylation is 2. The number of nitrogens with two attached hydrogens (primary N) is 1. The second-order valence-electron chi connectivity index (χ2n) is 5.75. The van der Waals surface area contributed by atoms with Crippen LogP contribution in [0.5, 0.6) is 0 Å². The molecule has 1 unspecified atom stereocenters. The zero-order valence-electron chi connectivity index (χ0n) is 12.6. The topological polar surface area (TPSA) is 50.4 Å². The third-order valence-corrected chi connectivity index (χ3v) is 4.22. The quantitative estimate of drug-likeness (QED) is 0.668. The van der Waals surface area contributed by atoms with Gasteiger partial charge >= 0.3 is 0 Å². The molecule has 0 bridgehead atoms. The van der Waals surface area contributed by atoms with Crippen LogP contribution in [-0.4, -0.2) is 12.5 Å². The van der Waals surface area contributed by atoms with Gasteiger partial charge in [0.05, 0.1) is 0 Å². The third-order valence-electron chi connectivity index (χ3n) is 4.22. The van der Waals surface area contributed by atoms with Gasteiger partial charge in [-0.15, -0.1) is 0 Å². The Bertz CT molecular complexity index is 689. The minimum absolute atomic E-state index is 0.489. The van der Waals surface area contributed by atoms with Crippen LogP contribution in [0.15, 0.2) is 47.5 Å². The Hall–Kier alpha value is -2.29. The molecule has 2 aromatic carbocycles. The highest BCUT2D eigenvalue weighted by Crippen LogP contribution is 2.34. The summed E-state index contributed by atoms with van der Waals surface area (Å²) in [5.74, 6) is 1.00. The highest BCUT2D eigenvalue weighted by molar-refractivity contribution is 5.92. The fraction of sp³-hybridized carbons (Fsp3) is 0.278. The van der Waals surface area contributed by atoms with Crippen molar-refractivity contribution in [2.24, 2.45) is 10.7 Å². The van der Waals surface area contributed by atoms with Crippen molar-refractivity contribution in [3.63, 3.8) is 0 Å². The van der Waals surface area contributed by atoms with Crippen molar-refractivity contribution in [1.82, 2.24) is 0 Å². The standard InChI is InChI=1S/C18H21N3/c1-12-7-8-16(9-13(12)2)21-18(19)20-11-15-10-14-5-3-4-6-17(14)15/h3-9,15H,10-11H2,1-2H3,(H3,19,20,21). The van der Waals surface area contributed by atoms with Gasteiger partial charge in [-0.1, -0.05) is 30.3 Å². The second-order valence-corrected chi connectivity index (χ2v) is 5.75. The number of benzene rings is 2. The average molecular weight is 279 g/mol. The first-order valence-corrected chi connectivity index (χ1v) is 7.35. The second kappa shape index (κ2) is 5.60. The molecule has 3 heteroatoms. The van der Waals surface area contributed by atoms with Crippen molar-refractivity contribution in [1.29, 1.82) is 0 Å². The Morgan fingerprint density at radius 3 is 2.76 bits per heavy atom. The van der Waals surface area contributed by atoms with E-state index >= 15 is 0 Å². The summed E-state index contributed by atoms with van der Waals surface area (Å²) in [5, 5.41) is 3.17. The summed E-state index contributed by atoms with van der Waals surface area (Å²) in [7, 11) is 0. The number of aliphatic imine (C=N–C) groups is 1. The van der Waals surface area contributed by atoms with Gasteiger partial charge in [0.2, 0.25) is 0 Å². The number of rotatable bonds is 3. The smallest absolute Gasteiger partial charge is 0.193 e. The molecule has 1 aliphatic rings. The summed E-state index contributed by atoms with van der Waals surface area (Å²) in [6.45, 7) is 4.95. The normalized spacial score (nSPS) is 17.0. The van der Waals surface area contributed by atoms with E-state index in [1.807, 2.05) is 6.07 Å². The van der Waals surface area contributed by atoms with E-state index in [0.29, 0.717) is 11.9 Å². The number of hydrogen-bond donors (Lipinski definition) is 2. The van der Waals surface area contributed by atoms with Gasteiger partial charge < -0.3 is 11.1 Å². The lowest BCUT2D eigenvalue weighted by atomic mass is 9.78. The van der Waals surface area contributed by atoms with Crippen molar-refractivity contribution in [3.05, 3.63) is 64.7 Å². The first-order valence-electron chi connectivity index (χ1n) is 7.35. The monoisotopic (exact) mass is 279 g/mol. The molecule has 0 aliphatic heterocycles. The molecule has 0 spiro atoms. The molecule has 0 heterocycles. The lowest BCUT2D eigenvalue weighted by Crippen LogP contribution is -2.26. The lowest BCUT2D eigenvalue weighted by molar-refractivity contribution is 0.619. The van der Waals surface area contributed by atoms with Gasteiger partial charge in [-0.3, -0.25) is 4.99 Å². The zero-order chi connectivity index (χ0) is 14.8. The van der Waals surface area contributed by atoms with E-state index in [9.17, 15) is 0 Å². The maximum absolute atomic E-state index is 5.98. The first kappa shape index (κ1) is 13.7. The molecule has 3 rings (SSSR count). The molecule has 21 heavy (non-hydrogen) atoms. The van der Waals surface area contributed by atoms with E-state index in [1.54, 1.807) is 0 Å². The fourth-order valence-corrected chi connectivity index (χ4v) is 2.74. The lowest BCUT2D eigenvalue weighted by Gasteiger charge is -2.28. The molecule has 0 fully saturated rings. The van der Waals surface area contributed by atoms with Crippen LogP contribution < -0.4 is 11.1 Å². The van der Waals surface area contributed by atoms with E-state index in [1.165, 1.54) is 22.3 Å². The van der Waals surface area contributed by atoms with E-state index in [4.69, 9.17) is 5.73 Å². The first-order chi connectivity index (χ1) is 10.1. The molecule has 0 saturated carbocycles. The highest BCUT2D eigenvalue weighted by Gasteiger charge is 2.24. The van der Waals surface area contributed by atoms with Crippen molar-refractivity contribution < 1.29 is 0 Å². The van der Waals surface area contributed by atoms with Crippen molar-refractivity contribution in [2.45, 2.75) is 26.2 Å². The minimum atomic E-state index is 0.489. The Morgan fingerprint density at radius 1 is 1.19 bits per heavy atom. The van der Waals surface area contributed by atoms with E-state index in [2.05, 4.69) is 60.6 Å². The Morgan fingerprint density at radius 2 is 2.00 bits per heavy atom.